The molecule has 1 aliphatic heterocycles. The van der Waals surface area contributed by atoms with E-state index in [1.165, 1.54) is 0 Å². The number of amides is 3. The molecule has 0 radical (unpaired) electrons. The zero-order valence-corrected chi connectivity index (χ0v) is 12.8. The van der Waals surface area contributed by atoms with Crippen molar-refractivity contribution in [2.75, 3.05) is 0 Å². The largest absolute Gasteiger partial charge is 0.463 e. The quantitative estimate of drug-likeness (QED) is 0.882. The minimum absolute atomic E-state index is 0.107. The maximum absolute atomic E-state index is 12.7. The molecule has 1 saturated heterocycles. The van der Waals surface area contributed by atoms with E-state index in [0.29, 0.717) is 22.6 Å². The Bertz CT molecular complexity index is 834. The lowest BCUT2D eigenvalue weighted by atomic mass is 9.99. The third-order valence-corrected chi connectivity index (χ3v) is 3.90. The first-order valence-corrected chi connectivity index (χ1v) is 7.14. The highest BCUT2D eigenvalue weighted by Gasteiger charge is 2.51. The fourth-order valence-electron chi connectivity index (χ4n) is 2.63. The van der Waals surface area contributed by atoms with Crippen molar-refractivity contribution in [1.82, 2.24) is 10.2 Å². The maximum atomic E-state index is 12.7. The van der Waals surface area contributed by atoms with Crippen molar-refractivity contribution in [1.29, 1.82) is 5.26 Å². The Morgan fingerprint density at radius 1 is 1.30 bits per heavy atom. The molecule has 1 N–H and O–H groups in total. The highest BCUT2D eigenvalue weighted by Crippen LogP contribution is 2.31. The predicted octanol–water partition coefficient (Wildman–Crippen LogP) is 2.43. The Balaban J connectivity index is 1.88. The number of carbonyl (C=O) groups is 2. The summed E-state index contributed by atoms with van der Waals surface area (Å²) in [4.78, 5) is 26.1. The summed E-state index contributed by atoms with van der Waals surface area (Å²) >= 11 is 0. The van der Waals surface area contributed by atoms with E-state index in [2.05, 4.69) is 5.32 Å². The number of nitrogens with zero attached hydrogens (tertiary/aromatic N) is 2. The van der Waals surface area contributed by atoms with Crippen molar-refractivity contribution in [2.24, 2.45) is 0 Å². The molecule has 1 aromatic carbocycles. The Morgan fingerprint density at radius 2 is 2.09 bits per heavy atom. The molecule has 1 aliphatic rings. The molecule has 2 aromatic rings. The Morgan fingerprint density at radius 3 is 2.74 bits per heavy atom. The third-order valence-electron chi connectivity index (χ3n) is 3.90. The second kappa shape index (κ2) is 5.29. The molecule has 6 nitrogen and oxygen atoms in total. The van der Waals surface area contributed by atoms with Crippen LogP contribution in [0.15, 0.2) is 40.8 Å². The number of rotatable bonds is 3. The minimum atomic E-state index is -1.21. The molecule has 1 atom stereocenters. The van der Waals surface area contributed by atoms with Crippen LogP contribution in [0.3, 0.4) is 0 Å². The van der Waals surface area contributed by atoms with E-state index >= 15 is 0 Å². The number of hydrogen-bond acceptors (Lipinski definition) is 4. The number of nitriles is 1. The van der Waals surface area contributed by atoms with Gasteiger partial charge in [0.15, 0.2) is 5.54 Å². The van der Waals surface area contributed by atoms with E-state index < -0.39 is 11.6 Å². The van der Waals surface area contributed by atoms with E-state index in [-0.39, 0.29) is 12.5 Å². The van der Waals surface area contributed by atoms with Gasteiger partial charge in [0.2, 0.25) is 0 Å². The van der Waals surface area contributed by atoms with Crippen LogP contribution in [0.4, 0.5) is 4.79 Å². The molecule has 23 heavy (non-hydrogen) atoms. The SMILES string of the molecule is Cc1ccc([C@@]2(C)NC(=O)N(Cc3cccc(C#N)c3)C2=O)o1. The van der Waals surface area contributed by atoms with Crippen LogP contribution in [0, 0.1) is 18.3 Å². The number of benzene rings is 1. The molecule has 0 saturated carbocycles. The summed E-state index contributed by atoms with van der Waals surface area (Å²) in [6.07, 6.45) is 0. The van der Waals surface area contributed by atoms with Crippen molar-refractivity contribution >= 4 is 11.9 Å². The molecule has 116 valence electrons. The molecule has 0 aliphatic carbocycles. The van der Waals surface area contributed by atoms with Crippen molar-refractivity contribution in [3.63, 3.8) is 0 Å². The van der Waals surface area contributed by atoms with Crippen molar-refractivity contribution in [2.45, 2.75) is 25.9 Å². The van der Waals surface area contributed by atoms with Crippen molar-refractivity contribution in [3.05, 3.63) is 59.0 Å². The van der Waals surface area contributed by atoms with Gasteiger partial charge in [0.25, 0.3) is 5.91 Å². The Kier molecular flexibility index (Phi) is 3.41. The monoisotopic (exact) mass is 309 g/mol. The highest BCUT2D eigenvalue weighted by atomic mass is 16.3. The number of aryl methyl sites for hydroxylation is 1. The Hall–Kier alpha value is -3.07. The first kappa shape index (κ1) is 14.9. The average Bonchev–Trinajstić information content (AvgIpc) is 3.06. The molecule has 3 rings (SSSR count). The molecule has 0 spiro atoms. The highest BCUT2D eigenvalue weighted by molar-refractivity contribution is 6.06. The molecule has 3 amide bonds. The summed E-state index contributed by atoms with van der Waals surface area (Å²) in [7, 11) is 0. The van der Waals surface area contributed by atoms with Gasteiger partial charge in [-0.3, -0.25) is 9.69 Å². The number of urea groups is 1. The van der Waals surface area contributed by atoms with Crippen LogP contribution in [0.1, 0.15) is 29.6 Å². The minimum Gasteiger partial charge on any atom is -0.463 e. The number of imide groups is 1. The van der Waals surface area contributed by atoms with Crippen LogP contribution in [0.25, 0.3) is 0 Å². The second-order valence-electron chi connectivity index (χ2n) is 5.67. The number of carbonyl (C=O) groups excluding carboxylic acids is 2. The topological polar surface area (TPSA) is 86.3 Å². The molecule has 2 heterocycles. The molecule has 1 fully saturated rings. The van der Waals surface area contributed by atoms with E-state index in [0.717, 1.165) is 4.90 Å². The van der Waals surface area contributed by atoms with Gasteiger partial charge in [0, 0.05) is 0 Å². The third kappa shape index (κ3) is 2.46. The average molecular weight is 309 g/mol. The maximum Gasteiger partial charge on any atom is 0.325 e. The van der Waals surface area contributed by atoms with Gasteiger partial charge in [-0.2, -0.15) is 5.26 Å². The molecule has 0 unspecified atom stereocenters. The van der Waals surface area contributed by atoms with Crippen LogP contribution < -0.4 is 5.32 Å². The molecule has 6 heteroatoms. The summed E-state index contributed by atoms with van der Waals surface area (Å²) in [5, 5.41) is 11.6. The standard InChI is InChI=1S/C17H15N3O3/c1-11-6-7-14(23-11)17(2)15(21)20(16(22)19-17)10-13-5-3-4-12(8-13)9-18/h3-8H,10H2,1-2H3,(H,19,22)/t17-/m1/s1. The zero-order chi connectivity index (χ0) is 16.6. The van der Waals surface area contributed by atoms with Crippen molar-refractivity contribution < 1.29 is 14.0 Å². The van der Waals surface area contributed by atoms with Gasteiger partial charge in [0.1, 0.15) is 11.5 Å². The smallest absolute Gasteiger partial charge is 0.325 e. The van der Waals surface area contributed by atoms with Gasteiger partial charge >= 0.3 is 6.03 Å². The van der Waals surface area contributed by atoms with Crippen LogP contribution >= 0.6 is 0 Å². The number of furan rings is 1. The fraction of sp³-hybridized carbons (Fsp3) is 0.235. The number of hydrogen-bond donors (Lipinski definition) is 1. The first-order valence-electron chi connectivity index (χ1n) is 7.14. The van der Waals surface area contributed by atoms with Gasteiger partial charge in [-0.05, 0) is 43.7 Å². The summed E-state index contributed by atoms with van der Waals surface area (Å²) in [6, 6.07) is 11.8. The predicted molar refractivity (Wildman–Crippen MR) is 81.0 cm³/mol. The first-order chi connectivity index (χ1) is 10.9. The van der Waals surface area contributed by atoms with E-state index in [4.69, 9.17) is 9.68 Å². The van der Waals surface area contributed by atoms with Crippen LogP contribution in [-0.2, 0) is 16.9 Å². The van der Waals surface area contributed by atoms with Crippen LogP contribution in [-0.4, -0.2) is 16.8 Å². The second-order valence-corrected chi connectivity index (χ2v) is 5.67. The molecular weight excluding hydrogens is 294 g/mol. The fourth-order valence-corrected chi connectivity index (χ4v) is 2.63. The Labute approximate surface area is 133 Å². The summed E-state index contributed by atoms with van der Waals surface area (Å²) in [5.41, 5.74) is -0.00977. The van der Waals surface area contributed by atoms with Gasteiger partial charge < -0.3 is 9.73 Å². The molecular formula is C17H15N3O3. The van der Waals surface area contributed by atoms with Crippen LogP contribution in [0.2, 0.25) is 0 Å². The van der Waals surface area contributed by atoms with Gasteiger partial charge in [0.05, 0.1) is 18.2 Å². The molecule has 0 bridgehead atoms. The van der Waals surface area contributed by atoms with E-state index in [1.807, 2.05) is 6.07 Å². The normalized spacial score (nSPS) is 20.5. The van der Waals surface area contributed by atoms with Gasteiger partial charge in [-0.1, -0.05) is 12.1 Å². The van der Waals surface area contributed by atoms with Crippen molar-refractivity contribution in [3.8, 4) is 6.07 Å². The molecule has 1 aromatic heterocycles. The zero-order valence-electron chi connectivity index (χ0n) is 12.8. The van der Waals surface area contributed by atoms with Crippen LogP contribution in [0.5, 0.6) is 0 Å². The lowest BCUT2D eigenvalue weighted by Gasteiger charge is -2.19. The summed E-state index contributed by atoms with van der Waals surface area (Å²) < 4.78 is 5.52. The lowest BCUT2D eigenvalue weighted by molar-refractivity contribution is -0.132. The summed E-state index contributed by atoms with van der Waals surface area (Å²) in [5.74, 6) is 0.698. The number of nitrogens with one attached hydrogen (secondary N) is 1. The van der Waals surface area contributed by atoms with Gasteiger partial charge in [-0.25, -0.2) is 4.79 Å². The van der Waals surface area contributed by atoms with E-state index in [9.17, 15) is 9.59 Å². The summed E-state index contributed by atoms with van der Waals surface area (Å²) in [6.45, 7) is 3.51. The lowest BCUT2D eigenvalue weighted by Crippen LogP contribution is -2.40. The van der Waals surface area contributed by atoms with E-state index in [1.54, 1.807) is 50.2 Å². The van der Waals surface area contributed by atoms with Gasteiger partial charge in [-0.15, -0.1) is 0 Å².